The molecule has 0 bridgehead atoms. The Labute approximate surface area is 158 Å². The average molecular weight is 371 g/mol. The predicted octanol–water partition coefficient (Wildman–Crippen LogP) is 2.97. The molecule has 1 atom stereocenters. The van der Waals surface area contributed by atoms with Crippen molar-refractivity contribution in [1.82, 2.24) is 4.57 Å². The lowest BCUT2D eigenvalue weighted by Crippen LogP contribution is -2.30. The molecule has 0 aliphatic carbocycles. The van der Waals surface area contributed by atoms with Crippen molar-refractivity contribution in [3.8, 4) is 0 Å². The van der Waals surface area contributed by atoms with Gasteiger partial charge in [-0.1, -0.05) is 0 Å². The summed E-state index contributed by atoms with van der Waals surface area (Å²) in [5.74, 6) is -1.55. The van der Waals surface area contributed by atoms with Crippen LogP contribution >= 0.6 is 0 Å². The fourth-order valence-corrected chi connectivity index (χ4v) is 3.02. The summed E-state index contributed by atoms with van der Waals surface area (Å²) in [6.45, 7) is 9.36. The van der Waals surface area contributed by atoms with Crippen LogP contribution in [0.3, 0.4) is 0 Å². The van der Waals surface area contributed by atoms with E-state index in [1.807, 2.05) is 32.3 Å². The van der Waals surface area contributed by atoms with E-state index in [2.05, 4.69) is 5.32 Å². The molecule has 27 heavy (non-hydrogen) atoms. The van der Waals surface area contributed by atoms with Crippen LogP contribution in [0, 0.1) is 13.8 Å². The van der Waals surface area contributed by atoms with Gasteiger partial charge in [0.05, 0.1) is 5.56 Å². The maximum Gasteiger partial charge on any atom is 0.340 e. The number of ether oxygens (including phenoxy) is 1. The maximum atomic E-state index is 12.5. The van der Waals surface area contributed by atoms with Gasteiger partial charge in [-0.05, 0) is 65.0 Å². The van der Waals surface area contributed by atoms with E-state index in [4.69, 9.17) is 10.5 Å². The molecule has 0 aliphatic heterocycles. The number of nitrogens with zero attached hydrogens (tertiary/aromatic N) is 1. The van der Waals surface area contributed by atoms with Gasteiger partial charge in [-0.15, -0.1) is 0 Å². The molecule has 3 N–H and O–H groups in total. The molecule has 2 rings (SSSR count). The van der Waals surface area contributed by atoms with E-state index in [0.717, 1.165) is 11.4 Å². The molecule has 144 valence electrons. The Hall–Kier alpha value is -3.09. The lowest BCUT2D eigenvalue weighted by Gasteiger charge is -2.15. The molecule has 1 heterocycles. The van der Waals surface area contributed by atoms with Gasteiger partial charge in [0, 0.05) is 28.7 Å². The zero-order valence-corrected chi connectivity index (χ0v) is 16.2. The minimum atomic E-state index is -0.976. The molecule has 0 radical (unpaired) electrons. The zero-order valence-electron chi connectivity index (χ0n) is 16.2. The Morgan fingerprint density at radius 3 is 2.15 bits per heavy atom. The van der Waals surface area contributed by atoms with Crippen LogP contribution in [0.4, 0.5) is 5.69 Å². The molecular formula is C20H25N3O4. The first kappa shape index (κ1) is 20.2. The van der Waals surface area contributed by atoms with Crippen molar-refractivity contribution in [2.75, 3.05) is 5.32 Å². The number of hydrogen-bond donors (Lipinski definition) is 2. The van der Waals surface area contributed by atoms with Gasteiger partial charge in [0.15, 0.2) is 6.10 Å². The van der Waals surface area contributed by atoms with E-state index in [-0.39, 0.29) is 6.04 Å². The standard InChI is InChI=1S/C20H25N3O4/c1-11(2)23-12(3)10-17(13(23)4)20(26)27-14(5)19(25)22-16-8-6-15(7-9-16)18(21)24/h6-11,14H,1-5H3,(H2,21,24)(H,22,25)/t14-/m0/s1. The number of esters is 1. The topological polar surface area (TPSA) is 103 Å². The van der Waals surface area contributed by atoms with E-state index in [1.54, 1.807) is 18.2 Å². The molecule has 0 saturated carbocycles. The Kier molecular flexibility index (Phi) is 6.05. The monoisotopic (exact) mass is 371 g/mol. The molecule has 7 nitrogen and oxygen atoms in total. The van der Waals surface area contributed by atoms with Crippen molar-refractivity contribution in [1.29, 1.82) is 0 Å². The molecular weight excluding hydrogens is 346 g/mol. The summed E-state index contributed by atoms with van der Waals surface area (Å²) in [5.41, 5.74) is 8.22. The SMILES string of the molecule is Cc1cc(C(=O)O[C@@H](C)C(=O)Nc2ccc(C(N)=O)cc2)c(C)n1C(C)C. The van der Waals surface area contributed by atoms with Crippen molar-refractivity contribution in [2.45, 2.75) is 46.8 Å². The number of rotatable bonds is 6. The van der Waals surface area contributed by atoms with Crippen LogP contribution in [-0.2, 0) is 9.53 Å². The fraction of sp³-hybridized carbons (Fsp3) is 0.350. The highest BCUT2D eigenvalue weighted by atomic mass is 16.5. The van der Waals surface area contributed by atoms with E-state index < -0.39 is 23.9 Å². The Balaban J connectivity index is 2.04. The van der Waals surface area contributed by atoms with Crippen molar-refractivity contribution >= 4 is 23.5 Å². The number of anilines is 1. The van der Waals surface area contributed by atoms with Gasteiger partial charge < -0.3 is 20.4 Å². The van der Waals surface area contributed by atoms with E-state index in [9.17, 15) is 14.4 Å². The van der Waals surface area contributed by atoms with Gasteiger partial charge in [0.1, 0.15) is 0 Å². The third-order valence-electron chi connectivity index (χ3n) is 4.31. The minimum absolute atomic E-state index is 0.218. The van der Waals surface area contributed by atoms with Gasteiger partial charge in [-0.2, -0.15) is 0 Å². The fourth-order valence-electron chi connectivity index (χ4n) is 3.02. The van der Waals surface area contributed by atoms with Gasteiger partial charge in [0.2, 0.25) is 5.91 Å². The molecule has 0 spiro atoms. The molecule has 0 unspecified atom stereocenters. The number of primary amides is 1. The Bertz CT molecular complexity index is 866. The number of carbonyl (C=O) groups is 3. The zero-order chi connectivity index (χ0) is 20.3. The number of aromatic nitrogens is 1. The smallest absolute Gasteiger partial charge is 0.340 e. The van der Waals surface area contributed by atoms with Crippen LogP contribution in [0.25, 0.3) is 0 Å². The van der Waals surface area contributed by atoms with Crippen LogP contribution in [-0.4, -0.2) is 28.5 Å². The number of nitrogens with two attached hydrogens (primary N) is 1. The number of amides is 2. The van der Waals surface area contributed by atoms with Crippen molar-refractivity contribution < 1.29 is 19.1 Å². The summed E-state index contributed by atoms with van der Waals surface area (Å²) < 4.78 is 7.37. The molecule has 0 aliphatic rings. The predicted molar refractivity (Wildman–Crippen MR) is 103 cm³/mol. The second kappa shape index (κ2) is 8.07. The van der Waals surface area contributed by atoms with Crippen LogP contribution in [0.5, 0.6) is 0 Å². The highest BCUT2D eigenvalue weighted by Crippen LogP contribution is 2.21. The molecule has 2 aromatic rings. The lowest BCUT2D eigenvalue weighted by molar-refractivity contribution is -0.123. The van der Waals surface area contributed by atoms with Gasteiger partial charge >= 0.3 is 5.97 Å². The highest BCUT2D eigenvalue weighted by molar-refractivity contribution is 5.98. The van der Waals surface area contributed by atoms with E-state index in [0.29, 0.717) is 16.8 Å². The first-order valence-electron chi connectivity index (χ1n) is 8.72. The summed E-state index contributed by atoms with van der Waals surface area (Å²) >= 11 is 0. The number of aryl methyl sites for hydroxylation is 1. The molecule has 2 amide bonds. The van der Waals surface area contributed by atoms with E-state index >= 15 is 0 Å². The largest absolute Gasteiger partial charge is 0.449 e. The van der Waals surface area contributed by atoms with Crippen molar-refractivity contribution in [3.63, 3.8) is 0 Å². The quantitative estimate of drug-likeness (QED) is 0.762. The molecule has 0 fully saturated rings. The summed E-state index contributed by atoms with van der Waals surface area (Å²) in [6, 6.07) is 8.12. The van der Waals surface area contributed by atoms with Crippen molar-refractivity contribution in [3.05, 3.63) is 52.8 Å². The normalized spacial score (nSPS) is 11.9. The first-order valence-corrected chi connectivity index (χ1v) is 8.72. The van der Waals surface area contributed by atoms with Gasteiger partial charge in [0.25, 0.3) is 5.91 Å². The third-order valence-corrected chi connectivity index (χ3v) is 4.31. The lowest BCUT2D eigenvalue weighted by atomic mass is 10.2. The van der Waals surface area contributed by atoms with E-state index in [1.165, 1.54) is 19.1 Å². The Morgan fingerprint density at radius 1 is 1.07 bits per heavy atom. The molecule has 7 heteroatoms. The summed E-state index contributed by atoms with van der Waals surface area (Å²) in [4.78, 5) is 35.8. The Morgan fingerprint density at radius 2 is 1.67 bits per heavy atom. The second-order valence-electron chi connectivity index (χ2n) is 6.73. The minimum Gasteiger partial charge on any atom is -0.449 e. The average Bonchev–Trinajstić information content (AvgIpc) is 2.89. The number of carbonyl (C=O) groups excluding carboxylic acids is 3. The second-order valence-corrected chi connectivity index (χ2v) is 6.73. The molecule has 1 aromatic heterocycles. The number of hydrogen-bond acceptors (Lipinski definition) is 4. The summed E-state index contributed by atoms with van der Waals surface area (Å²) in [7, 11) is 0. The molecule has 0 saturated heterocycles. The number of nitrogens with one attached hydrogen (secondary N) is 1. The highest BCUT2D eigenvalue weighted by Gasteiger charge is 2.23. The van der Waals surface area contributed by atoms with Crippen LogP contribution in [0.2, 0.25) is 0 Å². The van der Waals surface area contributed by atoms with Crippen LogP contribution in [0.1, 0.15) is 58.9 Å². The van der Waals surface area contributed by atoms with Gasteiger partial charge in [-0.3, -0.25) is 9.59 Å². The van der Waals surface area contributed by atoms with Gasteiger partial charge in [-0.25, -0.2) is 4.79 Å². The van der Waals surface area contributed by atoms with Crippen LogP contribution < -0.4 is 11.1 Å². The third kappa shape index (κ3) is 4.55. The maximum absolute atomic E-state index is 12.5. The number of benzene rings is 1. The van der Waals surface area contributed by atoms with Crippen molar-refractivity contribution in [2.24, 2.45) is 5.73 Å². The first-order chi connectivity index (χ1) is 12.6. The van der Waals surface area contributed by atoms with Crippen LogP contribution in [0.15, 0.2) is 30.3 Å². The molecule has 1 aromatic carbocycles. The summed E-state index contributed by atoms with van der Waals surface area (Å²) in [5, 5.41) is 2.64. The summed E-state index contributed by atoms with van der Waals surface area (Å²) in [6.07, 6.45) is -0.976.